The normalized spacial score (nSPS) is 10.7. The largest absolute Gasteiger partial charge is 0.395 e. The first kappa shape index (κ1) is 17.6. The van der Waals surface area contributed by atoms with E-state index in [2.05, 4.69) is 15.6 Å². The van der Waals surface area contributed by atoms with Crippen LogP contribution in [0.2, 0.25) is 5.02 Å². The Balaban J connectivity index is 1.50. The number of nitro groups is 1. The highest BCUT2D eigenvalue weighted by Crippen LogP contribution is 2.21. The third kappa shape index (κ3) is 3.89. The lowest BCUT2D eigenvalue weighted by Crippen LogP contribution is -2.27. The fourth-order valence-electron chi connectivity index (χ4n) is 2.26. The number of amides is 1. The number of carbonyl (C=O) groups excluding carboxylic acids is 1. The Morgan fingerprint density at radius 2 is 2.12 bits per heavy atom. The standard InChI is InChI=1S/C16H14ClN5O4/c17-13-7-6-11(22(24)25)10-12(13)16(23)18-8-3-9-26-21-15-5-2-1-4-14(15)19-20-21/h1-2,4-7,10H,3,8-9H2,(H,18,23). The zero-order valence-corrected chi connectivity index (χ0v) is 14.2. The van der Waals surface area contributed by atoms with Crippen molar-refractivity contribution < 1.29 is 14.6 Å². The lowest BCUT2D eigenvalue weighted by Gasteiger charge is -2.08. The molecule has 0 unspecified atom stereocenters. The molecule has 9 nitrogen and oxygen atoms in total. The van der Waals surface area contributed by atoms with Crippen molar-refractivity contribution in [3.8, 4) is 0 Å². The van der Waals surface area contributed by atoms with Crippen molar-refractivity contribution in [1.29, 1.82) is 0 Å². The minimum atomic E-state index is -0.580. The Kier molecular flexibility index (Phi) is 5.28. The molecular formula is C16H14ClN5O4. The highest BCUT2D eigenvalue weighted by molar-refractivity contribution is 6.33. The summed E-state index contributed by atoms with van der Waals surface area (Å²) in [5.41, 5.74) is 1.34. The number of carbonyl (C=O) groups is 1. The highest BCUT2D eigenvalue weighted by atomic mass is 35.5. The van der Waals surface area contributed by atoms with Crippen LogP contribution in [0.1, 0.15) is 16.8 Å². The van der Waals surface area contributed by atoms with E-state index in [-0.39, 0.29) is 16.3 Å². The molecule has 1 aromatic heterocycles. The predicted octanol–water partition coefficient (Wildman–Crippen LogP) is 2.24. The summed E-state index contributed by atoms with van der Waals surface area (Å²) in [6.07, 6.45) is 0.506. The van der Waals surface area contributed by atoms with E-state index in [0.29, 0.717) is 19.6 Å². The van der Waals surface area contributed by atoms with Crippen molar-refractivity contribution in [2.24, 2.45) is 0 Å². The number of para-hydroxylation sites is 1. The van der Waals surface area contributed by atoms with Crippen LogP contribution in [0.4, 0.5) is 5.69 Å². The molecule has 0 fully saturated rings. The van der Waals surface area contributed by atoms with Crippen molar-refractivity contribution in [1.82, 2.24) is 20.5 Å². The minimum absolute atomic E-state index is 0.0593. The van der Waals surface area contributed by atoms with Gasteiger partial charge in [-0.15, -0.1) is 5.10 Å². The number of nitrogens with zero attached hydrogens (tertiary/aromatic N) is 4. The van der Waals surface area contributed by atoms with Crippen LogP contribution in [0.5, 0.6) is 0 Å². The second-order valence-electron chi connectivity index (χ2n) is 5.32. The number of non-ortho nitro benzene ring substituents is 1. The highest BCUT2D eigenvalue weighted by Gasteiger charge is 2.15. The van der Waals surface area contributed by atoms with Gasteiger partial charge in [-0.25, -0.2) is 0 Å². The summed E-state index contributed by atoms with van der Waals surface area (Å²) in [5.74, 6) is -0.482. The molecule has 10 heteroatoms. The molecule has 0 saturated heterocycles. The summed E-state index contributed by atoms with van der Waals surface area (Å²) < 4.78 is 0. The summed E-state index contributed by atoms with van der Waals surface area (Å²) in [5, 5.41) is 21.5. The van der Waals surface area contributed by atoms with Gasteiger partial charge in [-0.1, -0.05) is 28.6 Å². The molecule has 3 aromatic rings. The molecule has 0 bridgehead atoms. The molecule has 3 rings (SSSR count). The number of rotatable bonds is 7. The molecule has 0 aliphatic rings. The van der Waals surface area contributed by atoms with Gasteiger partial charge in [-0.3, -0.25) is 14.9 Å². The molecule has 1 amide bonds. The van der Waals surface area contributed by atoms with Crippen LogP contribution in [0.15, 0.2) is 42.5 Å². The SMILES string of the molecule is O=C(NCCCOn1nnc2ccccc21)c1cc([N+](=O)[O-])ccc1Cl. The van der Waals surface area contributed by atoms with E-state index in [1.54, 1.807) is 0 Å². The summed E-state index contributed by atoms with van der Waals surface area (Å²) in [4.78, 5) is 29.2. The fourth-order valence-corrected chi connectivity index (χ4v) is 2.47. The van der Waals surface area contributed by atoms with Crippen LogP contribution in [0.25, 0.3) is 11.0 Å². The first-order valence-electron chi connectivity index (χ1n) is 7.72. The van der Waals surface area contributed by atoms with Crippen molar-refractivity contribution in [2.45, 2.75) is 6.42 Å². The number of fused-ring (bicyclic) bond motifs is 1. The molecule has 1 N–H and O–H groups in total. The van der Waals surface area contributed by atoms with E-state index in [1.165, 1.54) is 17.0 Å². The number of aromatic nitrogens is 3. The van der Waals surface area contributed by atoms with E-state index in [9.17, 15) is 14.9 Å². The minimum Gasteiger partial charge on any atom is -0.395 e. The number of benzene rings is 2. The zero-order chi connectivity index (χ0) is 18.5. The van der Waals surface area contributed by atoms with Crippen LogP contribution < -0.4 is 10.2 Å². The van der Waals surface area contributed by atoms with Gasteiger partial charge in [-0.05, 0) is 23.4 Å². The van der Waals surface area contributed by atoms with Crippen LogP contribution in [-0.2, 0) is 0 Å². The summed E-state index contributed by atoms with van der Waals surface area (Å²) >= 11 is 5.93. The molecule has 0 saturated carbocycles. The maximum absolute atomic E-state index is 12.1. The lowest BCUT2D eigenvalue weighted by atomic mass is 10.2. The molecule has 134 valence electrons. The van der Waals surface area contributed by atoms with Gasteiger partial charge in [0, 0.05) is 25.1 Å². The molecule has 26 heavy (non-hydrogen) atoms. The zero-order valence-electron chi connectivity index (χ0n) is 13.5. The number of hydrogen-bond acceptors (Lipinski definition) is 6. The van der Waals surface area contributed by atoms with E-state index in [4.69, 9.17) is 16.4 Å². The first-order chi connectivity index (χ1) is 12.6. The summed E-state index contributed by atoms with van der Waals surface area (Å²) in [7, 11) is 0. The fraction of sp³-hybridized carbons (Fsp3) is 0.188. The van der Waals surface area contributed by atoms with E-state index in [0.717, 1.165) is 17.1 Å². The van der Waals surface area contributed by atoms with Gasteiger partial charge >= 0.3 is 0 Å². The second-order valence-corrected chi connectivity index (χ2v) is 5.72. The van der Waals surface area contributed by atoms with Gasteiger partial charge in [0.05, 0.1) is 15.5 Å². The lowest BCUT2D eigenvalue weighted by molar-refractivity contribution is -0.384. The second kappa shape index (κ2) is 7.79. The Labute approximate surface area is 152 Å². The molecule has 0 spiro atoms. The Bertz CT molecular complexity index is 959. The topological polar surface area (TPSA) is 112 Å². The van der Waals surface area contributed by atoms with Gasteiger partial charge in [0.15, 0.2) is 0 Å². The number of halogens is 1. The summed E-state index contributed by atoms with van der Waals surface area (Å²) in [6, 6.07) is 11.1. The Morgan fingerprint density at radius 3 is 2.92 bits per heavy atom. The third-order valence-corrected chi connectivity index (χ3v) is 3.88. The van der Waals surface area contributed by atoms with Gasteiger partial charge < -0.3 is 10.2 Å². The van der Waals surface area contributed by atoms with Crippen LogP contribution in [0, 0.1) is 10.1 Å². The molecule has 0 aliphatic carbocycles. The number of nitro benzene ring substituents is 1. The maximum atomic E-state index is 12.1. The molecular weight excluding hydrogens is 362 g/mol. The van der Waals surface area contributed by atoms with Crippen molar-refractivity contribution >= 4 is 34.2 Å². The van der Waals surface area contributed by atoms with Gasteiger partial charge in [-0.2, -0.15) is 0 Å². The Hall–Kier alpha value is -3.20. The quantitative estimate of drug-likeness (QED) is 0.385. The molecule has 0 atom stereocenters. The van der Waals surface area contributed by atoms with Gasteiger partial charge in [0.25, 0.3) is 11.6 Å². The molecule has 1 heterocycles. The maximum Gasteiger partial charge on any atom is 0.270 e. The third-order valence-electron chi connectivity index (χ3n) is 3.55. The molecule has 2 aromatic carbocycles. The van der Waals surface area contributed by atoms with Crippen LogP contribution >= 0.6 is 11.6 Å². The van der Waals surface area contributed by atoms with Crippen LogP contribution in [-0.4, -0.2) is 39.1 Å². The summed E-state index contributed by atoms with van der Waals surface area (Å²) in [6.45, 7) is 0.612. The average Bonchev–Trinajstić information content (AvgIpc) is 3.04. The predicted molar refractivity (Wildman–Crippen MR) is 94.0 cm³/mol. The van der Waals surface area contributed by atoms with Crippen molar-refractivity contribution in [2.75, 3.05) is 13.2 Å². The number of hydrogen-bond donors (Lipinski definition) is 1. The van der Waals surface area contributed by atoms with Crippen molar-refractivity contribution in [3.05, 3.63) is 63.2 Å². The first-order valence-corrected chi connectivity index (χ1v) is 8.10. The van der Waals surface area contributed by atoms with Crippen molar-refractivity contribution in [3.63, 3.8) is 0 Å². The molecule has 0 aliphatic heterocycles. The van der Waals surface area contributed by atoms with E-state index in [1.807, 2.05) is 24.3 Å². The smallest absolute Gasteiger partial charge is 0.270 e. The van der Waals surface area contributed by atoms with E-state index < -0.39 is 10.8 Å². The average molecular weight is 376 g/mol. The van der Waals surface area contributed by atoms with E-state index >= 15 is 0 Å². The van der Waals surface area contributed by atoms with Gasteiger partial charge in [0.1, 0.15) is 17.6 Å². The van der Waals surface area contributed by atoms with Crippen LogP contribution in [0.3, 0.4) is 0 Å². The monoisotopic (exact) mass is 375 g/mol. The molecule has 0 radical (unpaired) electrons. The van der Waals surface area contributed by atoms with Gasteiger partial charge in [0.2, 0.25) is 0 Å². The Morgan fingerprint density at radius 1 is 1.31 bits per heavy atom. The number of nitrogens with one attached hydrogen (secondary N) is 1.